The van der Waals surface area contributed by atoms with Crippen molar-refractivity contribution in [3.8, 4) is 45.3 Å². The van der Waals surface area contributed by atoms with Gasteiger partial charge < -0.3 is 9.32 Å². The molecule has 0 aliphatic heterocycles. The van der Waals surface area contributed by atoms with Crippen LogP contribution in [0.1, 0.15) is 27.4 Å². The molecule has 2 heterocycles. The Balaban J connectivity index is 1.35. The van der Waals surface area contributed by atoms with Gasteiger partial charge in [-0.1, -0.05) is 127 Å². The fourth-order valence-electron chi connectivity index (χ4n) is 5.25. The Morgan fingerprint density at radius 3 is 1.58 bits per heavy atom. The van der Waals surface area contributed by atoms with Crippen molar-refractivity contribution in [3.05, 3.63) is 182 Å². The van der Waals surface area contributed by atoms with Crippen LogP contribution in [0.4, 0.5) is 17.1 Å². The zero-order valence-electron chi connectivity index (χ0n) is 45.5. The quantitative estimate of drug-likeness (QED) is 0.170. The lowest BCUT2D eigenvalue weighted by Gasteiger charge is -2.25. The van der Waals surface area contributed by atoms with E-state index < -0.39 is 160 Å². The molecule has 9 aromatic rings. The van der Waals surface area contributed by atoms with E-state index in [9.17, 15) is 11.0 Å². The SMILES string of the molecule is [2H]c1c([2H])c([2H])c(N(c2c([2H])c([2H])c([2H])c([2H])c2[2H])c2c([2H])c([2H])c(-c3c([2H])c([2H])c4c(oc5c([2H])c([2H])c([2H])c(-c6nc(-c7ccccc7)nc(-c7ccccc7)n6)c54)c3[2H])c([2H])c2[2H])c([2H])c1[2H]. The van der Waals surface area contributed by atoms with Crippen molar-refractivity contribution in [2.45, 2.75) is 0 Å². The first-order valence-corrected chi connectivity index (χ1v) is 15.0. The molecule has 5 nitrogen and oxygen atoms in total. The van der Waals surface area contributed by atoms with Crippen molar-refractivity contribution in [2.24, 2.45) is 0 Å². The fraction of sp³-hybridized carbons (Fsp3) is 0. The first kappa shape index (κ1) is 15.1. The summed E-state index contributed by atoms with van der Waals surface area (Å²) in [4.78, 5) is 14.5. The standard InChI is InChI=1S/C45H30N4O/c1-5-14-32(15-6-1)43-46-44(33-16-7-2-8-17-33)48-45(47-43)39-22-13-23-40-42(39)38-29-26-34(30-41(38)50-40)31-24-27-37(28-25-31)49(35-18-9-3-10-19-35)36-20-11-4-12-21-36/h1-30H/i3D,4D,9D,10D,11D,12D,13D,18D,19D,20D,21D,22D,23D,24D,25D,26D,27D,28D,29D,30D. The lowest BCUT2D eigenvalue weighted by Crippen LogP contribution is -2.09. The van der Waals surface area contributed by atoms with E-state index in [2.05, 4.69) is 15.0 Å². The normalized spacial score (nSPS) is 16.8. The maximum absolute atomic E-state index is 9.47. The van der Waals surface area contributed by atoms with Crippen molar-refractivity contribution < 1.29 is 31.8 Å². The van der Waals surface area contributed by atoms with E-state index in [0.29, 0.717) is 16.0 Å². The number of fused-ring (bicyclic) bond motifs is 3. The second-order valence-electron chi connectivity index (χ2n) is 10.6. The summed E-state index contributed by atoms with van der Waals surface area (Å²) in [5.41, 5.74) is -4.23. The Kier molecular flexibility index (Phi) is 3.83. The molecule has 0 saturated heterocycles. The molecule has 0 unspecified atom stereocenters. The minimum atomic E-state index is -1.09. The average Bonchev–Trinajstić information content (AvgIpc) is 3.76. The van der Waals surface area contributed by atoms with Gasteiger partial charge in [-0.2, -0.15) is 0 Å². The van der Waals surface area contributed by atoms with E-state index in [1.54, 1.807) is 60.7 Å². The van der Waals surface area contributed by atoms with Crippen LogP contribution in [0, 0.1) is 0 Å². The third-order valence-electron chi connectivity index (χ3n) is 7.50. The van der Waals surface area contributed by atoms with E-state index in [4.69, 9.17) is 20.9 Å². The van der Waals surface area contributed by atoms with Gasteiger partial charge in [-0.25, -0.2) is 15.0 Å². The molecule has 0 spiro atoms. The highest BCUT2D eigenvalue weighted by Gasteiger charge is 2.18. The van der Waals surface area contributed by atoms with Crippen LogP contribution in [0.25, 0.3) is 67.2 Å². The van der Waals surface area contributed by atoms with E-state index in [-0.39, 0.29) is 33.8 Å². The zero-order valence-corrected chi connectivity index (χ0v) is 25.5. The maximum Gasteiger partial charge on any atom is 0.164 e. The lowest BCUT2D eigenvalue weighted by molar-refractivity contribution is 0.669. The van der Waals surface area contributed by atoms with Crippen LogP contribution in [-0.2, 0) is 0 Å². The highest BCUT2D eigenvalue weighted by Crippen LogP contribution is 2.39. The van der Waals surface area contributed by atoms with Gasteiger partial charge in [0.15, 0.2) is 17.5 Å². The molecular formula is C45H30N4O. The van der Waals surface area contributed by atoms with Gasteiger partial charge in [0, 0.05) is 44.5 Å². The molecule has 50 heavy (non-hydrogen) atoms. The smallest absolute Gasteiger partial charge is 0.164 e. The topological polar surface area (TPSA) is 55.1 Å². The molecule has 0 bridgehead atoms. The molecule has 9 rings (SSSR count). The maximum atomic E-state index is 9.47. The van der Waals surface area contributed by atoms with Crippen molar-refractivity contribution in [1.82, 2.24) is 15.0 Å². The molecule has 0 fully saturated rings. The van der Waals surface area contributed by atoms with Crippen LogP contribution in [0.2, 0.25) is 0 Å². The minimum absolute atomic E-state index is 0.158. The molecule has 236 valence electrons. The Bertz CT molecular complexity index is 3530. The van der Waals surface area contributed by atoms with Crippen LogP contribution < -0.4 is 4.90 Å². The molecular weight excluding hydrogens is 613 g/mol. The van der Waals surface area contributed by atoms with Crippen LogP contribution in [0.5, 0.6) is 0 Å². The Hall–Kier alpha value is -6.85. The molecule has 7 aromatic carbocycles. The number of hydrogen-bond acceptors (Lipinski definition) is 5. The third kappa shape index (κ3) is 5.47. The largest absolute Gasteiger partial charge is 0.456 e. The monoisotopic (exact) mass is 662 g/mol. The van der Waals surface area contributed by atoms with Gasteiger partial charge in [0.1, 0.15) is 11.2 Å². The summed E-state index contributed by atoms with van der Waals surface area (Å²) in [5.74, 6) is 0.134. The zero-order chi connectivity index (χ0) is 50.7. The molecule has 0 aliphatic carbocycles. The summed E-state index contributed by atoms with van der Waals surface area (Å²) in [6.07, 6.45) is 0. The molecule has 0 saturated carbocycles. The van der Waals surface area contributed by atoms with Crippen molar-refractivity contribution in [3.63, 3.8) is 0 Å². The summed E-state index contributed by atoms with van der Waals surface area (Å²) in [5, 5.41) is -0.499. The van der Waals surface area contributed by atoms with Gasteiger partial charge in [-0.05, 0) is 65.5 Å². The van der Waals surface area contributed by atoms with Crippen LogP contribution in [0.3, 0.4) is 0 Å². The number of para-hydroxylation sites is 2. The van der Waals surface area contributed by atoms with E-state index in [1.165, 1.54) is 0 Å². The predicted molar refractivity (Wildman–Crippen MR) is 204 cm³/mol. The molecule has 0 radical (unpaired) electrons. The Morgan fingerprint density at radius 1 is 0.440 bits per heavy atom. The summed E-state index contributed by atoms with van der Waals surface area (Å²) in [6.45, 7) is 0. The van der Waals surface area contributed by atoms with Crippen LogP contribution in [0.15, 0.2) is 186 Å². The number of rotatable bonds is 7. The summed E-state index contributed by atoms with van der Waals surface area (Å²) in [7, 11) is 0. The number of furan rings is 1. The van der Waals surface area contributed by atoms with Crippen molar-refractivity contribution in [2.75, 3.05) is 4.90 Å². The van der Waals surface area contributed by atoms with E-state index >= 15 is 0 Å². The van der Waals surface area contributed by atoms with Crippen LogP contribution in [-0.4, -0.2) is 15.0 Å². The highest BCUT2D eigenvalue weighted by atomic mass is 16.3. The lowest BCUT2D eigenvalue weighted by atomic mass is 10.0. The Labute approximate surface area is 317 Å². The predicted octanol–water partition coefficient (Wildman–Crippen LogP) is 11.9. The van der Waals surface area contributed by atoms with Gasteiger partial charge >= 0.3 is 0 Å². The van der Waals surface area contributed by atoms with Gasteiger partial charge in [-0.3, -0.25) is 0 Å². The Morgan fingerprint density at radius 2 is 0.980 bits per heavy atom. The van der Waals surface area contributed by atoms with E-state index in [0.717, 1.165) is 0 Å². The average molecular weight is 663 g/mol. The van der Waals surface area contributed by atoms with Crippen molar-refractivity contribution in [1.29, 1.82) is 0 Å². The molecule has 0 aliphatic rings. The molecule has 0 amide bonds. The molecule has 0 N–H and O–H groups in total. The summed E-state index contributed by atoms with van der Waals surface area (Å²) in [6, 6.07) is -0.451. The highest BCUT2D eigenvalue weighted by molar-refractivity contribution is 6.12. The molecule has 0 atom stereocenters. The fourth-order valence-corrected chi connectivity index (χ4v) is 5.25. The van der Waals surface area contributed by atoms with Gasteiger partial charge in [0.25, 0.3) is 0 Å². The van der Waals surface area contributed by atoms with Crippen LogP contribution >= 0.6 is 0 Å². The number of benzene rings is 7. The number of hydrogen-bond donors (Lipinski definition) is 0. The first-order valence-electron chi connectivity index (χ1n) is 25.0. The minimum Gasteiger partial charge on any atom is -0.456 e. The van der Waals surface area contributed by atoms with E-state index in [1.807, 2.05) is 0 Å². The second kappa shape index (κ2) is 12.6. The van der Waals surface area contributed by atoms with Gasteiger partial charge in [0.05, 0.1) is 27.4 Å². The van der Waals surface area contributed by atoms with Gasteiger partial charge in [-0.15, -0.1) is 0 Å². The number of anilines is 3. The first-order chi connectivity index (χ1) is 33.1. The van der Waals surface area contributed by atoms with Crippen molar-refractivity contribution >= 4 is 39.0 Å². The summed E-state index contributed by atoms with van der Waals surface area (Å²) < 4.78 is 183. The second-order valence-corrected chi connectivity index (χ2v) is 10.6. The third-order valence-corrected chi connectivity index (χ3v) is 7.50. The molecule has 2 aromatic heterocycles. The number of nitrogens with zero attached hydrogens (tertiary/aromatic N) is 4. The summed E-state index contributed by atoms with van der Waals surface area (Å²) >= 11 is 0. The number of aromatic nitrogens is 3. The van der Waals surface area contributed by atoms with Gasteiger partial charge in [0.2, 0.25) is 0 Å². The molecule has 5 heteroatoms.